The Morgan fingerprint density at radius 1 is 1.23 bits per heavy atom. The molecule has 0 unspecified atom stereocenters. The number of hydrogen-bond acceptors (Lipinski definition) is 8. The average molecular weight is 310 g/mol. The highest BCUT2D eigenvalue weighted by atomic mass is 16.8. The monoisotopic (exact) mass is 310 g/mol. The summed E-state index contributed by atoms with van der Waals surface area (Å²) in [5, 5.41) is 0. The summed E-state index contributed by atoms with van der Waals surface area (Å²) >= 11 is 0. The third-order valence-electron chi connectivity index (χ3n) is 3.66. The second kappa shape index (κ2) is 5.45. The van der Waals surface area contributed by atoms with Crippen LogP contribution in [0.2, 0.25) is 0 Å². The van der Waals surface area contributed by atoms with Gasteiger partial charge in [0.2, 0.25) is 5.88 Å². The molecule has 3 heterocycles. The van der Waals surface area contributed by atoms with Crippen LogP contribution in [0.4, 0.5) is 0 Å². The lowest BCUT2D eigenvalue weighted by atomic mass is 10.0. The van der Waals surface area contributed by atoms with E-state index < -0.39 is 30.2 Å². The van der Waals surface area contributed by atoms with Crippen molar-refractivity contribution < 1.29 is 28.5 Å². The summed E-state index contributed by atoms with van der Waals surface area (Å²) in [4.78, 5) is 19.5. The van der Waals surface area contributed by atoms with Crippen LogP contribution in [0.3, 0.4) is 0 Å². The van der Waals surface area contributed by atoms with E-state index in [0.29, 0.717) is 11.4 Å². The van der Waals surface area contributed by atoms with Gasteiger partial charge >= 0.3 is 6.01 Å². The molecule has 0 saturated carbocycles. The van der Waals surface area contributed by atoms with Crippen LogP contribution in [0.15, 0.2) is 6.20 Å². The fourth-order valence-corrected chi connectivity index (χ4v) is 2.81. The van der Waals surface area contributed by atoms with Crippen LogP contribution in [0.1, 0.15) is 25.5 Å². The van der Waals surface area contributed by atoms with Gasteiger partial charge in [0.25, 0.3) is 0 Å². The van der Waals surface area contributed by atoms with Crippen LogP contribution in [0.5, 0.6) is 11.9 Å². The topological polar surface area (TPSA) is 89.0 Å². The highest BCUT2D eigenvalue weighted by Crippen LogP contribution is 2.46. The molecule has 2 aliphatic heterocycles. The zero-order chi connectivity index (χ0) is 15.9. The summed E-state index contributed by atoms with van der Waals surface area (Å²) in [6.45, 7) is 3.60. The standard InChI is InChI=1S/C14H18N2O6/c1-14(2)21-10-8(6-17)20-9(11(10)22-14)7-5-15-13(19-4)16-12(7)18-3/h5-6,8-11H,1-4H3/t8-,9+,10-,11+/m1/s1. The molecule has 1 aromatic rings. The van der Waals surface area contributed by atoms with E-state index >= 15 is 0 Å². The summed E-state index contributed by atoms with van der Waals surface area (Å²) in [5.74, 6) is -0.463. The summed E-state index contributed by atoms with van der Waals surface area (Å²) in [5.41, 5.74) is 0.587. The molecule has 4 atom stereocenters. The molecule has 0 radical (unpaired) electrons. The average Bonchev–Trinajstić information content (AvgIpc) is 2.99. The molecule has 2 fully saturated rings. The van der Waals surface area contributed by atoms with Crippen molar-refractivity contribution in [3.8, 4) is 11.9 Å². The Kier molecular flexibility index (Phi) is 3.75. The zero-order valence-electron chi connectivity index (χ0n) is 12.8. The second-order valence-corrected chi connectivity index (χ2v) is 5.54. The molecule has 22 heavy (non-hydrogen) atoms. The second-order valence-electron chi connectivity index (χ2n) is 5.54. The Balaban J connectivity index is 1.96. The number of nitrogens with zero attached hydrogens (tertiary/aromatic N) is 2. The van der Waals surface area contributed by atoms with E-state index in [9.17, 15) is 4.79 Å². The molecular weight excluding hydrogens is 292 g/mol. The van der Waals surface area contributed by atoms with E-state index in [1.165, 1.54) is 14.2 Å². The Labute approximate surface area is 127 Å². The van der Waals surface area contributed by atoms with Crippen molar-refractivity contribution in [2.24, 2.45) is 0 Å². The van der Waals surface area contributed by atoms with Gasteiger partial charge in [-0.15, -0.1) is 0 Å². The van der Waals surface area contributed by atoms with Crippen molar-refractivity contribution in [3.05, 3.63) is 11.8 Å². The third kappa shape index (κ3) is 2.43. The molecule has 8 nitrogen and oxygen atoms in total. The zero-order valence-corrected chi connectivity index (χ0v) is 12.8. The quantitative estimate of drug-likeness (QED) is 0.749. The van der Waals surface area contributed by atoms with Crippen molar-refractivity contribution in [1.82, 2.24) is 9.97 Å². The molecule has 8 heteroatoms. The minimum Gasteiger partial charge on any atom is -0.481 e. The van der Waals surface area contributed by atoms with E-state index in [4.69, 9.17) is 23.7 Å². The number of fused-ring (bicyclic) bond motifs is 1. The van der Waals surface area contributed by atoms with Crippen LogP contribution in [-0.2, 0) is 19.0 Å². The van der Waals surface area contributed by atoms with Gasteiger partial charge in [0.1, 0.15) is 24.4 Å². The number of aromatic nitrogens is 2. The first-order valence-electron chi connectivity index (χ1n) is 6.90. The smallest absolute Gasteiger partial charge is 0.319 e. The van der Waals surface area contributed by atoms with Gasteiger partial charge in [-0.05, 0) is 13.8 Å². The van der Waals surface area contributed by atoms with Gasteiger partial charge < -0.3 is 28.5 Å². The fraction of sp³-hybridized carbons (Fsp3) is 0.643. The number of carbonyl (C=O) groups is 1. The van der Waals surface area contributed by atoms with E-state index in [1.54, 1.807) is 20.0 Å². The number of rotatable bonds is 4. The molecule has 0 aromatic carbocycles. The van der Waals surface area contributed by atoms with Gasteiger partial charge in [-0.3, -0.25) is 0 Å². The molecule has 3 rings (SSSR count). The van der Waals surface area contributed by atoms with Crippen LogP contribution < -0.4 is 9.47 Å². The van der Waals surface area contributed by atoms with Gasteiger partial charge in [-0.25, -0.2) is 4.98 Å². The molecule has 1 aromatic heterocycles. The Hall–Kier alpha value is -1.77. The Morgan fingerprint density at radius 2 is 1.95 bits per heavy atom. The van der Waals surface area contributed by atoms with Crippen LogP contribution in [0, 0.1) is 0 Å². The molecule has 0 aliphatic carbocycles. The summed E-state index contributed by atoms with van der Waals surface area (Å²) in [6.07, 6.45) is 0.111. The Morgan fingerprint density at radius 3 is 2.59 bits per heavy atom. The molecule has 0 spiro atoms. The van der Waals surface area contributed by atoms with Gasteiger partial charge in [-0.1, -0.05) is 0 Å². The molecule has 0 N–H and O–H groups in total. The molecule has 2 aliphatic rings. The maximum absolute atomic E-state index is 11.2. The van der Waals surface area contributed by atoms with E-state index in [1.807, 2.05) is 0 Å². The number of aldehydes is 1. The highest BCUT2D eigenvalue weighted by molar-refractivity contribution is 5.58. The van der Waals surface area contributed by atoms with Crippen molar-refractivity contribution in [3.63, 3.8) is 0 Å². The van der Waals surface area contributed by atoms with Crippen LogP contribution in [-0.4, -0.2) is 54.6 Å². The summed E-state index contributed by atoms with van der Waals surface area (Å²) < 4.78 is 27.7. The first-order valence-corrected chi connectivity index (χ1v) is 6.90. The number of carbonyl (C=O) groups excluding carboxylic acids is 1. The minimum atomic E-state index is -0.779. The van der Waals surface area contributed by atoms with E-state index in [2.05, 4.69) is 9.97 Å². The van der Waals surface area contributed by atoms with Crippen molar-refractivity contribution in [2.75, 3.05) is 14.2 Å². The molecule has 0 bridgehead atoms. The SMILES string of the molecule is COc1ncc([C@@H]2O[C@H](C=O)[C@H]3OC(C)(C)O[C@H]32)c(OC)n1. The van der Waals surface area contributed by atoms with Gasteiger partial charge in [0, 0.05) is 6.20 Å². The molecule has 2 saturated heterocycles. The van der Waals surface area contributed by atoms with Gasteiger partial charge in [0.15, 0.2) is 12.1 Å². The fourth-order valence-electron chi connectivity index (χ4n) is 2.81. The van der Waals surface area contributed by atoms with Crippen molar-refractivity contribution in [2.45, 2.75) is 44.1 Å². The largest absolute Gasteiger partial charge is 0.481 e. The van der Waals surface area contributed by atoms with Crippen LogP contribution >= 0.6 is 0 Å². The van der Waals surface area contributed by atoms with Crippen LogP contribution in [0.25, 0.3) is 0 Å². The third-order valence-corrected chi connectivity index (χ3v) is 3.66. The normalized spacial score (nSPS) is 32.5. The number of methoxy groups -OCH3 is 2. The predicted octanol–water partition coefficient (Wildman–Crippen LogP) is 0.653. The molecular formula is C14H18N2O6. The predicted molar refractivity (Wildman–Crippen MR) is 72.6 cm³/mol. The maximum Gasteiger partial charge on any atom is 0.319 e. The van der Waals surface area contributed by atoms with Crippen molar-refractivity contribution >= 4 is 6.29 Å². The number of ether oxygens (including phenoxy) is 5. The minimum absolute atomic E-state index is 0.186. The van der Waals surface area contributed by atoms with E-state index in [-0.39, 0.29) is 6.01 Å². The first kappa shape index (κ1) is 15.1. The van der Waals surface area contributed by atoms with Crippen molar-refractivity contribution in [1.29, 1.82) is 0 Å². The van der Waals surface area contributed by atoms with E-state index in [0.717, 1.165) is 6.29 Å². The summed E-state index contributed by atoms with van der Waals surface area (Å²) in [6, 6.07) is 0.186. The first-order chi connectivity index (χ1) is 10.5. The van der Waals surface area contributed by atoms with Gasteiger partial charge in [-0.2, -0.15) is 4.98 Å². The highest BCUT2D eigenvalue weighted by Gasteiger charge is 2.56. The summed E-state index contributed by atoms with van der Waals surface area (Å²) in [7, 11) is 2.96. The van der Waals surface area contributed by atoms with Gasteiger partial charge in [0.05, 0.1) is 19.8 Å². The lowest BCUT2D eigenvalue weighted by molar-refractivity contribution is -0.186. The molecule has 0 amide bonds. The molecule has 120 valence electrons. The lowest BCUT2D eigenvalue weighted by Crippen LogP contribution is -2.30. The number of hydrogen-bond donors (Lipinski definition) is 0. The Bertz CT molecular complexity index is 578. The maximum atomic E-state index is 11.2. The lowest BCUT2D eigenvalue weighted by Gasteiger charge is -2.23.